The number of H-pyrrole nitrogens is 1. The summed E-state index contributed by atoms with van der Waals surface area (Å²) < 4.78 is 6.00. The molecule has 1 aromatic heterocycles. The minimum absolute atomic E-state index is 0.0291. The number of fused-ring (bicyclic) bond motifs is 3. The largest absolute Gasteiger partial charge is 0.494 e. The zero-order valence-corrected chi connectivity index (χ0v) is 23.9. The van der Waals surface area contributed by atoms with Crippen LogP contribution < -0.4 is 15.0 Å². The van der Waals surface area contributed by atoms with Gasteiger partial charge in [0.05, 0.1) is 12.6 Å². The quantitative estimate of drug-likeness (QED) is 0.189. The van der Waals surface area contributed by atoms with E-state index < -0.39 is 5.54 Å². The fourth-order valence-electron chi connectivity index (χ4n) is 5.75. The number of nitrogens with one attached hydrogen (secondary N) is 2. The van der Waals surface area contributed by atoms with Crippen molar-refractivity contribution < 1.29 is 14.3 Å². The third-order valence-electron chi connectivity index (χ3n) is 7.93. The summed E-state index contributed by atoms with van der Waals surface area (Å²) in [5, 5.41) is 4.98. The van der Waals surface area contributed by atoms with Crippen LogP contribution in [0.3, 0.4) is 0 Å². The molecule has 1 fully saturated rings. The summed E-state index contributed by atoms with van der Waals surface area (Å²) in [6, 6.07) is 21.8. The van der Waals surface area contributed by atoms with Crippen LogP contribution in [0.2, 0.25) is 10.0 Å². The van der Waals surface area contributed by atoms with E-state index in [1.54, 1.807) is 18.7 Å². The second-order valence-electron chi connectivity index (χ2n) is 10.8. The second-order valence-corrected chi connectivity index (χ2v) is 11.6. The van der Waals surface area contributed by atoms with Crippen molar-refractivity contribution in [3.05, 3.63) is 93.6 Å². The van der Waals surface area contributed by atoms with Gasteiger partial charge in [-0.3, -0.25) is 10.1 Å². The van der Waals surface area contributed by atoms with Gasteiger partial charge in [-0.1, -0.05) is 35.3 Å². The lowest BCUT2D eigenvalue weighted by atomic mass is 9.91. The summed E-state index contributed by atoms with van der Waals surface area (Å²) in [5.74, 6) is 0.480. The number of hydrogen-bond acceptors (Lipinski definition) is 4. The molecule has 6 rings (SSSR count). The number of aromatic nitrogens is 1. The monoisotopic (exact) mass is 576 g/mol. The predicted molar refractivity (Wildman–Crippen MR) is 159 cm³/mol. The van der Waals surface area contributed by atoms with Crippen LogP contribution in [0.4, 0.5) is 10.5 Å². The van der Waals surface area contributed by atoms with E-state index in [0.717, 1.165) is 46.2 Å². The zero-order chi connectivity index (χ0) is 28.0. The molecule has 1 saturated heterocycles. The maximum absolute atomic E-state index is 12.1. The van der Waals surface area contributed by atoms with Gasteiger partial charge in [-0.2, -0.15) is 0 Å². The minimum atomic E-state index is -0.846. The Kier molecular flexibility index (Phi) is 6.88. The summed E-state index contributed by atoms with van der Waals surface area (Å²) in [7, 11) is 0. The summed E-state index contributed by atoms with van der Waals surface area (Å²) in [4.78, 5) is 31.7. The first kappa shape index (κ1) is 26.5. The van der Waals surface area contributed by atoms with E-state index in [1.807, 2.05) is 42.5 Å². The molecule has 4 aromatic rings. The molecule has 3 aromatic carbocycles. The van der Waals surface area contributed by atoms with Crippen LogP contribution in [-0.4, -0.2) is 47.1 Å². The first-order valence-corrected chi connectivity index (χ1v) is 14.2. The molecular weight excluding hydrogens is 547 g/mol. The highest BCUT2D eigenvalue weighted by atomic mass is 35.5. The van der Waals surface area contributed by atoms with Gasteiger partial charge in [0.2, 0.25) is 0 Å². The van der Waals surface area contributed by atoms with Crippen molar-refractivity contribution in [3.63, 3.8) is 0 Å². The molecule has 3 amide bonds. The number of carbonyl (C=O) groups is 2. The Bertz CT molecular complexity index is 1580. The molecule has 0 spiro atoms. The molecule has 2 N–H and O–H groups in total. The molecule has 0 radical (unpaired) electrons. The molecule has 3 heterocycles. The topological polar surface area (TPSA) is 77.7 Å². The van der Waals surface area contributed by atoms with E-state index in [9.17, 15) is 9.59 Å². The highest BCUT2D eigenvalue weighted by molar-refractivity contribution is 6.31. The molecule has 0 aliphatic carbocycles. The Morgan fingerprint density at radius 3 is 2.40 bits per heavy atom. The normalized spacial score (nSPS) is 18.2. The SMILES string of the molecule is CC1(C)C(=O)NC(=O)N1CCCOc1ccc(C2c3[nH]c4ccc(Cl)cc4c3CCN2c2ccc(Cl)cc2)cc1. The highest BCUT2D eigenvalue weighted by Gasteiger charge is 2.45. The van der Waals surface area contributed by atoms with Gasteiger partial charge in [-0.25, -0.2) is 4.79 Å². The molecule has 7 nitrogen and oxygen atoms in total. The second kappa shape index (κ2) is 10.4. The van der Waals surface area contributed by atoms with Gasteiger partial charge >= 0.3 is 6.03 Å². The summed E-state index contributed by atoms with van der Waals surface area (Å²) in [5.41, 5.74) is 4.92. The molecule has 2 aliphatic heterocycles. The van der Waals surface area contributed by atoms with Crippen LogP contribution in [0.15, 0.2) is 66.7 Å². The molecule has 1 atom stereocenters. The zero-order valence-electron chi connectivity index (χ0n) is 22.3. The molecule has 9 heteroatoms. The first-order valence-electron chi connectivity index (χ1n) is 13.4. The van der Waals surface area contributed by atoms with Gasteiger partial charge in [0, 0.05) is 45.4 Å². The van der Waals surface area contributed by atoms with Crippen LogP contribution >= 0.6 is 23.2 Å². The van der Waals surface area contributed by atoms with Gasteiger partial charge in [-0.15, -0.1) is 0 Å². The Morgan fingerprint density at radius 1 is 0.975 bits per heavy atom. The van der Waals surface area contributed by atoms with Crippen LogP contribution in [-0.2, 0) is 11.2 Å². The number of nitrogens with zero attached hydrogens (tertiary/aromatic N) is 2. The van der Waals surface area contributed by atoms with Crippen molar-refractivity contribution in [3.8, 4) is 5.75 Å². The molecule has 0 saturated carbocycles. The van der Waals surface area contributed by atoms with E-state index in [0.29, 0.717) is 24.6 Å². The van der Waals surface area contributed by atoms with E-state index in [-0.39, 0.29) is 18.0 Å². The predicted octanol–water partition coefficient (Wildman–Crippen LogP) is 6.73. The van der Waals surface area contributed by atoms with E-state index in [4.69, 9.17) is 27.9 Å². The third kappa shape index (κ3) is 4.78. The lowest BCUT2D eigenvalue weighted by Gasteiger charge is -2.38. The van der Waals surface area contributed by atoms with Gasteiger partial charge in [0.1, 0.15) is 11.3 Å². The average molecular weight is 578 g/mol. The maximum atomic E-state index is 12.1. The van der Waals surface area contributed by atoms with Crippen LogP contribution in [0.1, 0.15) is 43.1 Å². The molecule has 206 valence electrons. The number of amides is 3. The van der Waals surface area contributed by atoms with Gasteiger partial charge in [0.15, 0.2) is 0 Å². The Labute approximate surface area is 243 Å². The van der Waals surface area contributed by atoms with Crippen LogP contribution in [0.25, 0.3) is 10.9 Å². The number of imide groups is 1. The van der Waals surface area contributed by atoms with Crippen molar-refractivity contribution in [1.29, 1.82) is 0 Å². The summed E-state index contributed by atoms with van der Waals surface area (Å²) >= 11 is 12.6. The van der Waals surface area contributed by atoms with Crippen LogP contribution in [0, 0.1) is 0 Å². The van der Waals surface area contributed by atoms with Gasteiger partial charge < -0.3 is 19.5 Å². The Balaban J connectivity index is 1.22. The Morgan fingerprint density at radius 2 is 1.70 bits per heavy atom. The molecule has 1 unspecified atom stereocenters. The lowest BCUT2D eigenvalue weighted by molar-refractivity contribution is -0.125. The van der Waals surface area contributed by atoms with Gasteiger partial charge in [-0.05, 0) is 92.4 Å². The first-order chi connectivity index (χ1) is 19.2. The number of rotatable bonds is 7. The van der Waals surface area contributed by atoms with E-state index >= 15 is 0 Å². The van der Waals surface area contributed by atoms with Crippen molar-refractivity contribution in [2.75, 3.05) is 24.6 Å². The molecule has 2 aliphatic rings. The van der Waals surface area contributed by atoms with E-state index in [1.165, 1.54) is 10.9 Å². The van der Waals surface area contributed by atoms with Crippen molar-refractivity contribution >= 4 is 51.7 Å². The number of halogens is 2. The number of hydrogen-bond donors (Lipinski definition) is 2. The fourth-order valence-corrected chi connectivity index (χ4v) is 6.05. The number of carbonyl (C=O) groups excluding carboxylic acids is 2. The number of anilines is 1. The summed E-state index contributed by atoms with van der Waals surface area (Å²) in [6.45, 7) is 5.21. The maximum Gasteiger partial charge on any atom is 0.324 e. The summed E-state index contributed by atoms with van der Waals surface area (Å²) in [6.07, 6.45) is 1.51. The van der Waals surface area contributed by atoms with Crippen LogP contribution in [0.5, 0.6) is 5.75 Å². The smallest absolute Gasteiger partial charge is 0.324 e. The standard InChI is InChI=1S/C31H30Cl2N4O3/c1-31(2)29(38)35-30(39)37(31)15-3-17-40-23-11-4-19(5-12-23)28-27-24(25-18-21(33)8-13-26(25)34-27)14-16-36(28)22-9-6-20(32)7-10-22/h4-13,18,28,34H,3,14-17H2,1-2H3,(H,35,38,39). The Hall–Kier alpha value is -3.68. The number of ether oxygens (including phenoxy) is 1. The lowest BCUT2D eigenvalue weighted by Crippen LogP contribution is -2.44. The van der Waals surface area contributed by atoms with E-state index in [2.05, 4.69) is 39.5 Å². The number of benzene rings is 3. The molecule has 0 bridgehead atoms. The third-order valence-corrected chi connectivity index (χ3v) is 8.42. The van der Waals surface area contributed by atoms with Crippen molar-refractivity contribution in [2.24, 2.45) is 0 Å². The minimum Gasteiger partial charge on any atom is -0.494 e. The van der Waals surface area contributed by atoms with Gasteiger partial charge in [0.25, 0.3) is 5.91 Å². The van der Waals surface area contributed by atoms with Crippen molar-refractivity contribution in [2.45, 2.75) is 38.3 Å². The average Bonchev–Trinajstić information content (AvgIpc) is 3.39. The molecular formula is C31H30Cl2N4O3. The fraction of sp³-hybridized carbons (Fsp3) is 0.290. The number of aromatic amines is 1. The highest BCUT2D eigenvalue weighted by Crippen LogP contribution is 2.41. The molecule has 40 heavy (non-hydrogen) atoms. The van der Waals surface area contributed by atoms with Crippen molar-refractivity contribution in [1.82, 2.24) is 15.2 Å². The number of urea groups is 1.